The number of nitrogens with two attached hydrogens (primary N) is 1. The molecular weight excluding hydrogens is 156 g/mol. The lowest BCUT2D eigenvalue weighted by Crippen LogP contribution is -2.27. The first-order chi connectivity index (χ1) is 5.79. The van der Waals surface area contributed by atoms with Crippen LogP contribution in [0.5, 0.6) is 0 Å². The highest BCUT2D eigenvalue weighted by Gasteiger charge is 2.27. The maximum absolute atomic E-state index is 10.9. The van der Waals surface area contributed by atoms with E-state index in [1.807, 2.05) is 0 Å². The Bertz CT molecular complexity index is 281. The number of carbonyl (C=O) groups is 1. The van der Waals surface area contributed by atoms with Gasteiger partial charge in [-0.05, 0) is 0 Å². The van der Waals surface area contributed by atoms with Crippen molar-refractivity contribution in [1.29, 1.82) is 0 Å². The lowest BCUT2D eigenvalue weighted by molar-refractivity contribution is -0.114. The van der Waals surface area contributed by atoms with E-state index in [-0.39, 0.29) is 5.92 Å². The molecular formula is C7H10N4O. The molecule has 1 atom stereocenters. The molecule has 0 saturated carbocycles. The molecule has 4 N–H and O–H groups in total. The van der Waals surface area contributed by atoms with Gasteiger partial charge in [0.15, 0.2) is 0 Å². The van der Waals surface area contributed by atoms with Gasteiger partial charge in [0.1, 0.15) is 0 Å². The largest absolute Gasteiger partial charge is 0.365 e. The zero-order valence-corrected chi connectivity index (χ0v) is 6.50. The average Bonchev–Trinajstić information content (AvgIpc) is 2.49. The molecule has 1 saturated heterocycles. The molecule has 5 heteroatoms. The van der Waals surface area contributed by atoms with Gasteiger partial charge >= 0.3 is 0 Å². The Morgan fingerprint density at radius 2 is 2.58 bits per heavy atom. The number of nitrogens with zero attached hydrogens (tertiary/aromatic N) is 1. The Hall–Kier alpha value is -1.36. The topological polar surface area (TPSA) is 79.5 Å². The van der Waals surface area contributed by atoms with E-state index in [0.717, 1.165) is 18.8 Å². The highest BCUT2D eigenvalue weighted by molar-refractivity contribution is 6.12. The fraction of sp³-hybridized carbons (Fsp3) is 0.429. The highest BCUT2D eigenvalue weighted by Crippen LogP contribution is 2.18. The summed E-state index contributed by atoms with van der Waals surface area (Å²) in [5.74, 6) is -0.132. The summed E-state index contributed by atoms with van der Waals surface area (Å²) in [6, 6.07) is 0. The van der Waals surface area contributed by atoms with Gasteiger partial charge in [-0.1, -0.05) is 0 Å². The summed E-state index contributed by atoms with van der Waals surface area (Å²) in [6.45, 7) is 1.54. The Kier molecular flexibility index (Phi) is 1.58. The van der Waals surface area contributed by atoms with Crippen LogP contribution in [0.3, 0.4) is 0 Å². The number of amides is 1. The van der Waals surface area contributed by atoms with E-state index in [0.29, 0.717) is 5.57 Å². The maximum atomic E-state index is 10.9. The molecule has 0 bridgehead atoms. The van der Waals surface area contributed by atoms with Gasteiger partial charge < -0.3 is 11.2 Å². The third kappa shape index (κ3) is 0.984. The summed E-state index contributed by atoms with van der Waals surface area (Å²) in [7, 11) is 0. The molecule has 64 valence electrons. The number of rotatable bonds is 1. The second-order valence-corrected chi connectivity index (χ2v) is 2.89. The summed E-state index contributed by atoms with van der Waals surface area (Å²) >= 11 is 0. The third-order valence-electron chi connectivity index (χ3n) is 2.08. The number of hydrogen-bond donors (Lipinski definition) is 3. The molecule has 0 spiro atoms. The van der Waals surface area contributed by atoms with Crippen LogP contribution in [0.2, 0.25) is 0 Å². The Morgan fingerprint density at radius 3 is 3.33 bits per heavy atom. The van der Waals surface area contributed by atoms with E-state index < -0.39 is 5.91 Å². The SMILES string of the molecule is NC(=O)C1=C2NNCC2CN=C1. The number of dihydropyridines is 1. The molecule has 0 radical (unpaired) electrons. The zero-order valence-electron chi connectivity index (χ0n) is 6.50. The first-order valence-electron chi connectivity index (χ1n) is 3.81. The second-order valence-electron chi connectivity index (χ2n) is 2.89. The number of carbonyl (C=O) groups excluding carboxylic acids is 1. The van der Waals surface area contributed by atoms with Gasteiger partial charge in [0.05, 0.1) is 5.57 Å². The van der Waals surface area contributed by atoms with E-state index in [4.69, 9.17) is 5.73 Å². The van der Waals surface area contributed by atoms with Gasteiger partial charge in [0, 0.05) is 30.9 Å². The number of hydrogen-bond acceptors (Lipinski definition) is 4. The second kappa shape index (κ2) is 2.60. The van der Waals surface area contributed by atoms with Crippen LogP contribution in [0.25, 0.3) is 0 Å². The van der Waals surface area contributed by atoms with Crippen molar-refractivity contribution < 1.29 is 4.79 Å². The molecule has 1 fully saturated rings. The number of hydrazine groups is 1. The molecule has 0 aliphatic carbocycles. The van der Waals surface area contributed by atoms with Crippen molar-refractivity contribution in [2.75, 3.05) is 13.1 Å². The van der Waals surface area contributed by atoms with Gasteiger partial charge in [-0.2, -0.15) is 0 Å². The van der Waals surface area contributed by atoms with Crippen molar-refractivity contribution in [3.63, 3.8) is 0 Å². The summed E-state index contributed by atoms with van der Waals surface area (Å²) in [4.78, 5) is 15.0. The van der Waals surface area contributed by atoms with Gasteiger partial charge in [0.2, 0.25) is 0 Å². The van der Waals surface area contributed by atoms with E-state index in [2.05, 4.69) is 15.8 Å². The summed E-state index contributed by atoms with van der Waals surface area (Å²) in [6.07, 6.45) is 1.54. The van der Waals surface area contributed by atoms with E-state index in [1.54, 1.807) is 0 Å². The number of primary amides is 1. The first kappa shape index (κ1) is 7.30. The lowest BCUT2D eigenvalue weighted by atomic mass is 10.0. The fourth-order valence-electron chi connectivity index (χ4n) is 1.45. The molecule has 5 nitrogen and oxygen atoms in total. The Balaban J connectivity index is 2.38. The first-order valence-corrected chi connectivity index (χ1v) is 3.81. The molecule has 1 unspecified atom stereocenters. The van der Waals surface area contributed by atoms with E-state index in [9.17, 15) is 4.79 Å². The van der Waals surface area contributed by atoms with Crippen LogP contribution >= 0.6 is 0 Å². The Labute approximate surface area is 69.7 Å². The molecule has 12 heavy (non-hydrogen) atoms. The third-order valence-corrected chi connectivity index (χ3v) is 2.08. The molecule has 0 aromatic heterocycles. The predicted octanol–water partition coefficient (Wildman–Crippen LogP) is -1.47. The zero-order chi connectivity index (χ0) is 8.55. The number of aliphatic imine (C=N–C) groups is 1. The molecule has 0 aromatic carbocycles. The Morgan fingerprint density at radius 1 is 1.75 bits per heavy atom. The maximum Gasteiger partial charge on any atom is 0.252 e. The number of fused-ring (bicyclic) bond motifs is 1. The number of nitrogens with one attached hydrogen (secondary N) is 2. The van der Waals surface area contributed by atoms with Crippen LogP contribution in [0.1, 0.15) is 0 Å². The normalized spacial score (nSPS) is 26.8. The molecule has 1 amide bonds. The molecule has 2 aliphatic heterocycles. The van der Waals surface area contributed by atoms with Gasteiger partial charge in [0.25, 0.3) is 5.91 Å². The predicted molar refractivity (Wildman–Crippen MR) is 44.2 cm³/mol. The summed E-state index contributed by atoms with van der Waals surface area (Å²) < 4.78 is 0. The van der Waals surface area contributed by atoms with Gasteiger partial charge in [-0.25, -0.2) is 5.43 Å². The van der Waals surface area contributed by atoms with E-state index in [1.165, 1.54) is 6.21 Å². The van der Waals surface area contributed by atoms with Crippen molar-refractivity contribution in [1.82, 2.24) is 10.9 Å². The van der Waals surface area contributed by atoms with Crippen LogP contribution in [-0.4, -0.2) is 25.2 Å². The van der Waals surface area contributed by atoms with Crippen LogP contribution in [0, 0.1) is 5.92 Å². The van der Waals surface area contributed by atoms with Crippen molar-refractivity contribution in [3.05, 3.63) is 11.3 Å². The summed E-state index contributed by atoms with van der Waals surface area (Å²) in [5, 5.41) is 0. The van der Waals surface area contributed by atoms with Crippen molar-refractivity contribution in [2.45, 2.75) is 0 Å². The standard InChI is InChI=1S/C7H10N4O/c8-7(12)5-3-9-1-4-2-10-11-6(4)5/h3-4,10-11H,1-2H2,(H2,8,12). The molecule has 0 aromatic rings. The van der Waals surface area contributed by atoms with Crippen molar-refractivity contribution in [2.24, 2.45) is 16.6 Å². The minimum Gasteiger partial charge on any atom is -0.365 e. The summed E-state index contributed by atoms with van der Waals surface area (Å²) in [5.41, 5.74) is 12.4. The van der Waals surface area contributed by atoms with Gasteiger partial charge in [-0.3, -0.25) is 9.79 Å². The van der Waals surface area contributed by atoms with Crippen molar-refractivity contribution in [3.8, 4) is 0 Å². The van der Waals surface area contributed by atoms with Gasteiger partial charge in [-0.15, -0.1) is 0 Å². The van der Waals surface area contributed by atoms with E-state index >= 15 is 0 Å². The molecule has 2 aliphatic rings. The average molecular weight is 166 g/mol. The monoisotopic (exact) mass is 166 g/mol. The van der Waals surface area contributed by atoms with Crippen LogP contribution in [0.15, 0.2) is 16.3 Å². The minimum atomic E-state index is -0.422. The van der Waals surface area contributed by atoms with Crippen LogP contribution in [-0.2, 0) is 4.79 Å². The lowest BCUT2D eigenvalue weighted by Gasteiger charge is -2.13. The quantitative estimate of drug-likeness (QED) is 0.445. The van der Waals surface area contributed by atoms with Crippen molar-refractivity contribution >= 4 is 12.1 Å². The highest BCUT2D eigenvalue weighted by atomic mass is 16.1. The fourth-order valence-corrected chi connectivity index (χ4v) is 1.45. The van der Waals surface area contributed by atoms with Crippen LogP contribution < -0.4 is 16.6 Å². The smallest absolute Gasteiger partial charge is 0.252 e. The molecule has 2 heterocycles. The van der Waals surface area contributed by atoms with Crippen LogP contribution in [0.4, 0.5) is 0 Å². The molecule has 2 rings (SSSR count). The minimum absolute atomic E-state index is 0.289.